The minimum absolute atomic E-state index is 0.0322. The van der Waals surface area contributed by atoms with E-state index in [1.807, 2.05) is 36.6 Å². The molecule has 19 heavy (non-hydrogen) atoms. The lowest BCUT2D eigenvalue weighted by molar-refractivity contribution is -0.116. The molecule has 4 nitrogen and oxygen atoms in total. The van der Waals surface area contributed by atoms with Gasteiger partial charge in [-0.3, -0.25) is 4.79 Å². The molecule has 100 valence electrons. The SMILES string of the molecule is Cc1ccc(-c2csc(NC(=O)CCCN)n2)cc1. The van der Waals surface area contributed by atoms with Gasteiger partial charge in [0.25, 0.3) is 0 Å². The maximum atomic E-state index is 11.6. The summed E-state index contributed by atoms with van der Waals surface area (Å²) < 4.78 is 0. The lowest BCUT2D eigenvalue weighted by atomic mass is 10.1. The topological polar surface area (TPSA) is 68.0 Å². The van der Waals surface area contributed by atoms with E-state index in [0.29, 0.717) is 24.5 Å². The van der Waals surface area contributed by atoms with Crippen molar-refractivity contribution in [3.05, 3.63) is 35.2 Å². The summed E-state index contributed by atoms with van der Waals surface area (Å²) in [6, 6.07) is 8.16. The Bertz CT molecular complexity index is 548. The van der Waals surface area contributed by atoms with E-state index in [9.17, 15) is 4.79 Å². The van der Waals surface area contributed by atoms with Crippen molar-refractivity contribution >= 4 is 22.4 Å². The molecule has 2 rings (SSSR count). The second-order valence-corrected chi connectivity index (χ2v) is 5.20. The second-order valence-electron chi connectivity index (χ2n) is 4.34. The molecule has 0 unspecified atom stereocenters. The summed E-state index contributed by atoms with van der Waals surface area (Å²) in [4.78, 5) is 16.0. The van der Waals surface area contributed by atoms with Crippen LogP contribution in [0.2, 0.25) is 0 Å². The summed E-state index contributed by atoms with van der Waals surface area (Å²) in [5.74, 6) is -0.0322. The van der Waals surface area contributed by atoms with E-state index in [4.69, 9.17) is 5.73 Å². The molecule has 5 heteroatoms. The number of thiazole rings is 1. The van der Waals surface area contributed by atoms with Crippen LogP contribution in [0.25, 0.3) is 11.3 Å². The highest BCUT2D eigenvalue weighted by atomic mass is 32.1. The van der Waals surface area contributed by atoms with Gasteiger partial charge in [0.2, 0.25) is 5.91 Å². The third kappa shape index (κ3) is 3.87. The first-order valence-corrected chi connectivity index (χ1v) is 7.09. The first-order valence-electron chi connectivity index (χ1n) is 6.21. The fraction of sp³-hybridized carbons (Fsp3) is 0.286. The van der Waals surface area contributed by atoms with Crippen molar-refractivity contribution in [2.75, 3.05) is 11.9 Å². The highest BCUT2D eigenvalue weighted by Crippen LogP contribution is 2.25. The van der Waals surface area contributed by atoms with Gasteiger partial charge in [0, 0.05) is 17.4 Å². The minimum atomic E-state index is -0.0322. The molecule has 0 bridgehead atoms. The molecular weight excluding hydrogens is 258 g/mol. The number of aromatic nitrogens is 1. The van der Waals surface area contributed by atoms with Crippen molar-refractivity contribution in [1.29, 1.82) is 0 Å². The molecule has 3 N–H and O–H groups in total. The van der Waals surface area contributed by atoms with E-state index < -0.39 is 0 Å². The average Bonchev–Trinajstić information content (AvgIpc) is 2.85. The largest absolute Gasteiger partial charge is 0.330 e. The molecule has 0 radical (unpaired) electrons. The van der Waals surface area contributed by atoms with E-state index in [0.717, 1.165) is 11.3 Å². The number of hydrogen-bond donors (Lipinski definition) is 2. The van der Waals surface area contributed by atoms with Gasteiger partial charge in [-0.1, -0.05) is 29.8 Å². The Kier molecular flexibility index (Phi) is 4.65. The number of nitrogens with zero attached hydrogens (tertiary/aromatic N) is 1. The van der Waals surface area contributed by atoms with Crippen LogP contribution in [0.3, 0.4) is 0 Å². The number of benzene rings is 1. The first kappa shape index (κ1) is 13.7. The molecule has 2 aromatic rings. The van der Waals surface area contributed by atoms with Crippen molar-refractivity contribution in [2.45, 2.75) is 19.8 Å². The monoisotopic (exact) mass is 275 g/mol. The van der Waals surface area contributed by atoms with Gasteiger partial charge >= 0.3 is 0 Å². The standard InChI is InChI=1S/C14H17N3OS/c1-10-4-6-11(7-5-10)12-9-19-14(16-12)17-13(18)3-2-8-15/h4-7,9H,2-3,8,15H2,1H3,(H,16,17,18). The zero-order chi connectivity index (χ0) is 13.7. The van der Waals surface area contributed by atoms with Crippen molar-refractivity contribution < 1.29 is 4.79 Å². The van der Waals surface area contributed by atoms with E-state index in [2.05, 4.69) is 10.3 Å². The van der Waals surface area contributed by atoms with Gasteiger partial charge in [0.1, 0.15) is 0 Å². The predicted molar refractivity (Wildman–Crippen MR) is 79.2 cm³/mol. The summed E-state index contributed by atoms with van der Waals surface area (Å²) in [6.07, 6.45) is 1.14. The summed E-state index contributed by atoms with van der Waals surface area (Å²) in [5, 5.41) is 5.38. The van der Waals surface area contributed by atoms with Crippen molar-refractivity contribution in [2.24, 2.45) is 5.73 Å². The Morgan fingerprint density at radius 2 is 2.11 bits per heavy atom. The number of carbonyl (C=O) groups excluding carboxylic acids is 1. The number of nitrogens with one attached hydrogen (secondary N) is 1. The van der Waals surface area contributed by atoms with Crippen molar-refractivity contribution in [3.8, 4) is 11.3 Å². The van der Waals surface area contributed by atoms with E-state index in [1.165, 1.54) is 16.9 Å². The molecule has 1 amide bonds. The summed E-state index contributed by atoms with van der Waals surface area (Å²) >= 11 is 1.44. The highest BCUT2D eigenvalue weighted by molar-refractivity contribution is 7.14. The molecule has 0 saturated heterocycles. The Morgan fingerprint density at radius 1 is 1.37 bits per heavy atom. The molecule has 0 atom stereocenters. The van der Waals surface area contributed by atoms with Gasteiger partial charge in [-0.05, 0) is 19.9 Å². The van der Waals surface area contributed by atoms with E-state index in [1.54, 1.807) is 0 Å². The van der Waals surface area contributed by atoms with Gasteiger partial charge in [0.05, 0.1) is 5.69 Å². The highest BCUT2D eigenvalue weighted by Gasteiger charge is 2.07. The lowest BCUT2D eigenvalue weighted by Gasteiger charge is -2.00. The van der Waals surface area contributed by atoms with E-state index in [-0.39, 0.29) is 5.91 Å². The normalized spacial score (nSPS) is 10.4. The van der Waals surface area contributed by atoms with Crippen molar-refractivity contribution in [1.82, 2.24) is 4.98 Å². The molecule has 0 fully saturated rings. The summed E-state index contributed by atoms with van der Waals surface area (Å²) in [7, 11) is 0. The molecule has 0 aliphatic carbocycles. The quantitative estimate of drug-likeness (QED) is 0.881. The van der Waals surface area contributed by atoms with Gasteiger partial charge in [-0.15, -0.1) is 11.3 Å². The zero-order valence-electron chi connectivity index (χ0n) is 10.8. The second kappa shape index (κ2) is 6.45. The molecule has 0 spiro atoms. The van der Waals surface area contributed by atoms with Crippen LogP contribution in [0.4, 0.5) is 5.13 Å². The van der Waals surface area contributed by atoms with Gasteiger partial charge in [-0.2, -0.15) is 0 Å². The Morgan fingerprint density at radius 3 is 2.79 bits per heavy atom. The van der Waals surface area contributed by atoms with Crippen LogP contribution < -0.4 is 11.1 Å². The van der Waals surface area contributed by atoms with Crippen LogP contribution in [0.5, 0.6) is 0 Å². The lowest BCUT2D eigenvalue weighted by Crippen LogP contribution is -2.13. The maximum absolute atomic E-state index is 11.6. The maximum Gasteiger partial charge on any atom is 0.226 e. The average molecular weight is 275 g/mol. The fourth-order valence-electron chi connectivity index (χ4n) is 1.63. The molecule has 1 heterocycles. The minimum Gasteiger partial charge on any atom is -0.330 e. The fourth-order valence-corrected chi connectivity index (χ4v) is 2.37. The molecule has 0 aliphatic heterocycles. The predicted octanol–water partition coefficient (Wildman–Crippen LogP) is 2.80. The van der Waals surface area contributed by atoms with Gasteiger partial charge in [0.15, 0.2) is 5.13 Å². The third-order valence-electron chi connectivity index (χ3n) is 2.71. The molecule has 0 saturated carbocycles. The number of amides is 1. The van der Waals surface area contributed by atoms with Gasteiger partial charge in [-0.25, -0.2) is 4.98 Å². The summed E-state index contributed by atoms with van der Waals surface area (Å²) in [5.41, 5.74) is 8.53. The smallest absolute Gasteiger partial charge is 0.226 e. The number of aryl methyl sites for hydroxylation is 1. The molecule has 1 aromatic heterocycles. The number of anilines is 1. The first-order chi connectivity index (χ1) is 9.19. The molecule has 1 aromatic carbocycles. The van der Waals surface area contributed by atoms with Crippen LogP contribution in [-0.4, -0.2) is 17.4 Å². The molecular formula is C14H17N3OS. The molecule has 0 aliphatic rings. The number of nitrogens with two attached hydrogens (primary N) is 1. The zero-order valence-corrected chi connectivity index (χ0v) is 11.7. The van der Waals surface area contributed by atoms with Crippen LogP contribution in [0.15, 0.2) is 29.6 Å². The Balaban J connectivity index is 2.02. The van der Waals surface area contributed by atoms with Crippen LogP contribution in [-0.2, 0) is 4.79 Å². The van der Waals surface area contributed by atoms with Gasteiger partial charge < -0.3 is 11.1 Å². The summed E-state index contributed by atoms with van der Waals surface area (Å²) in [6.45, 7) is 2.58. The van der Waals surface area contributed by atoms with Crippen LogP contribution in [0.1, 0.15) is 18.4 Å². The number of hydrogen-bond acceptors (Lipinski definition) is 4. The number of rotatable bonds is 5. The Hall–Kier alpha value is -1.72. The van der Waals surface area contributed by atoms with Crippen molar-refractivity contribution in [3.63, 3.8) is 0 Å². The Labute approximate surface area is 116 Å². The van der Waals surface area contributed by atoms with Crippen LogP contribution >= 0.6 is 11.3 Å². The van der Waals surface area contributed by atoms with E-state index >= 15 is 0 Å². The van der Waals surface area contributed by atoms with Crippen LogP contribution in [0, 0.1) is 6.92 Å². The third-order valence-corrected chi connectivity index (χ3v) is 3.46. The number of carbonyl (C=O) groups is 1.